The van der Waals surface area contributed by atoms with Crippen LogP contribution in [0.4, 0.5) is 4.39 Å². The second-order valence-electron chi connectivity index (χ2n) is 6.69. The Labute approximate surface area is 158 Å². The Kier molecular flexibility index (Phi) is 4.80. The SMILES string of the molecule is O=Cc1ccccc1C1=C(/C=C/c2ccc(F)cc2)C=CC2C=CC=CC12. The van der Waals surface area contributed by atoms with E-state index < -0.39 is 0 Å². The number of allylic oxidation sites excluding steroid dienone is 9. The highest BCUT2D eigenvalue weighted by Gasteiger charge is 2.27. The van der Waals surface area contributed by atoms with E-state index in [9.17, 15) is 9.18 Å². The fraction of sp³-hybridized carbons (Fsp3) is 0.0800. The molecule has 27 heavy (non-hydrogen) atoms. The second-order valence-corrected chi connectivity index (χ2v) is 6.69. The highest BCUT2D eigenvalue weighted by Crippen LogP contribution is 2.41. The van der Waals surface area contributed by atoms with Gasteiger partial charge >= 0.3 is 0 Å². The fourth-order valence-corrected chi connectivity index (χ4v) is 3.68. The lowest BCUT2D eigenvalue weighted by atomic mass is 9.73. The molecular formula is C25H19FO. The van der Waals surface area contributed by atoms with Gasteiger partial charge in [-0.2, -0.15) is 0 Å². The first-order valence-electron chi connectivity index (χ1n) is 9.02. The van der Waals surface area contributed by atoms with Gasteiger partial charge in [-0.3, -0.25) is 4.79 Å². The number of rotatable bonds is 4. The molecule has 2 atom stereocenters. The molecule has 2 heteroatoms. The Hall–Kier alpha value is -3.26. The lowest BCUT2D eigenvalue weighted by Gasteiger charge is -2.30. The van der Waals surface area contributed by atoms with Gasteiger partial charge < -0.3 is 0 Å². The Morgan fingerprint density at radius 2 is 1.63 bits per heavy atom. The van der Waals surface area contributed by atoms with Gasteiger partial charge in [-0.25, -0.2) is 4.39 Å². The third-order valence-corrected chi connectivity index (χ3v) is 5.02. The van der Waals surface area contributed by atoms with Crippen LogP contribution in [0, 0.1) is 17.7 Å². The molecule has 0 aliphatic heterocycles. The molecule has 2 aromatic carbocycles. The van der Waals surface area contributed by atoms with Crippen molar-refractivity contribution < 1.29 is 9.18 Å². The molecular weight excluding hydrogens is 335 g/mol. The Morgan fingerprint density at radius 3 is 2.44 bits per heavy atom. The highest BCUT2D eigenvalue weighted by molar-refractivity contribution is 5.90. The number of aldehydes is 1. The molecule has 2 aliphatic rings. The normalized spacial score (nSPS) is 20.9. The monoisotopic (exact) mass is 354 g/mol. The lowest BCUT2D eigenvalue weighted by Crippen LogP contribution is -2.17. The first-order chi connectivity index (χ1) is 13.3. The van der Waals surface area contributed by atoms with Crippen LogP contribution in [0.15, 0.2) is 96.6 Å². The van der Waals surface area contributed by atoms with E-state index in [2.05, 4.69) is 36.5 Å². The lowest BCUT2D eigenvalue weighted by molar-refractivity contribution is 0.112. The van der Waals surface area contributed by atoms with E-state index in [1.807, 2.05) is 36.4 Å². The number of hydrogen-bond acceptors (Lipinski definition) is 1. The summed E-state index contributed by atoms with van der Waals surface area (Å²) in [5.41, 5.74) is 4.79. The largest absolute Gasteiger partial charge is 0.298 e. The number of benzene rings is 2. The van der Waals surface area contributed by atoms with Crippen LogP contribution in [-0.2, 0) is 0 Å². The molecule has 0 amide bonds. The summed E-state index contributed by atoms with van der Waals surface area (Å²) in [6.45, 7) is 0. The number of hydrogen-bond donors (Lipinski definition) is 0. The smallest absolute Gasteiger partial charge is 0.150 e. The maximum Gasteiger partial charge on any atom is 0.150 e. The summed E-state index contributed by atoms with van der Waals surface area (Å²) >= 11 is 0. The minimum Gasteiger partial charge on any atom is -0.298 e. The van der Waals surface area contributed by atoms with E-state index in [4.69, 9.17) is 0 Å². The van der Waals surface area contributed by atoms with Crippen molar-refractivity contribution in [3.05, 3.63) is 119 Å². The van der Waals surface area contributed by atoms with Gasteiger partial charge in [-0.05, 0) is 34.4 Å². The summed E-state index contributed by atoms with van der Waals surface area (Å²) in [7, 11) is 0. The van der Waals surface area contributed by atoms with E-state index in [0.29, 0.717) is 5.56 Å². The quantitative estimate of drug-likeness (QED) is 0.612. The van der Waals surface area contributed by atoms with Gasteiger partial charge in [0.05, 0.1) is 0 Å². The molecule has 2 aliphatic carbocycles. The zero-order valence-corrected chi connectivity index (χ0v) is 14.8. The van der Waals surface area contributed by atoms with Crippen molar-refractivity contribution in [3.8, 4) is 0 Å². The molecule has 0 saturated heterocycles. The topological polar surface area (TPSA) is 17.1 Å². The van der Waals surface area contributed by atoms with Gasteiger partial charge in [-0.15, -0.1) is 0 Å². The standard InChI is InChI=1S/C25H19FO/c26-22-15-10-18(11-16-22)9-12-20-14-13-19-5-1-3-7-23(19)25(20)24-8-4-2-6-21(24)17-27/h1-17,19,23H/b12-9+. The number of fused-ring (bicyclic) bond motifs is 1. The fourth-order valence-electron chi connectivity index (χ4n) is 3.68. The molecule has 0 radical (unpaired) electrons. The average Bonchev–Trinajstić information content (AvgIpc) is 2.73. The molecule has 132 valence electrons. The van der Waals surface area contributed by atoms with Crippen LogP contribution in [0.25, 0.3) is 11.6 Å². The number of carbonyl (C=O) groups is 1. The molecule has 4 rings (SSSR count). The predicted octanol–water partition coefficient (Wildman–Crippen LogP) is 6.03. The molecule has 0 spiro atoms. The van der Waals surface area contributed by atoms with E-state index in [0.717, 1.165) is 28.6 Å². The maximum atomic E-state index is 13.1. The molecule has 0 fully saturated rings. The molecule has 2 aromatic rings. The Morgan fingerprint density at radius 1 is 0.852 bits per heavy atom. The molecule has 0 N–H and O–H groups in total. The summed E-state index contributed by atoms with van der Waals surface area (Å²) in [4.78, 5) is 11.6. The average molecular weight is 354 g/mol. The van der Waals surface area contributed by atoms with Gasteiger partial charge in [0.15, 0.2) is 6.29 Å². The van der Waals surface area contributed by atoms with Crippen molar-refractivity contribution in [1.29, 1.82) is 0 Å². The Bertz CT molecular complexity index is 1000. The first kappa shape index (κ1) is 17.2. The molecule has 0 heterocycles. The van der Waals surface area contributed by atoms with E-state index >= 15 is 0 Å². The van der Waals surface area contributed by atoms with Crippen LogP contribution in [0.1, 0.15) is 21.5 Å². The van der Waals surface area contributed by atoms with E-state index in [1.54, 1.807) is 12.1 Å². The van der Waals surface area contributed by atoms with Crippen molar-refractivity contribution in [2.45, 2.75) is 0 Å². The third-order valence-electron chi connectivity index (χ3n) is 5.02. The summed E-state index contributed by atoms with van der Waals surface area (Å²) in [5, 5.41) is 0. The molecule has 0 aromatic heterocycles. The number of carbonyl (C=O) groups excluding carboxylic acids is 1. The predicted molar refractivity (Wildman–Crippen MR) is 109 cm³/mol. The van der Waals surface area contributed by atoms with Crippen molar-refractivity contribution >= 4 is 17.9 Å². The van der Waals surface area contributed by atoms with Crippen LogP contribution < -0.4 is 0 Å². The summed E-state index contributed by atoms with van der Waals surface area (Å²) in [6, 6.07) is 14.1. The van der Waals surface area contributed by atoms with Gasteiger partial charge in [-0.1, -0.05) is 85.0 Å². The van der Waals surface area contributed by atoms with Crippen LogP contribution in [0.3, 0.4) is 0 Å². The minimum absolute atomic E-state index is 0.189. The van der Waals surface area contributed by atoms with Gasteiger partial charge in [0.25, 0.3) is 0 Å². The highest BCUT2D eigenvalue weighted by atomic mass is 19.1. The zero-order valence-electron chi connectivity index (χ0n) is 14.8. The third kappa shape index (κ3) is 3.52. The summed E-state index contributed by atoms with van der Waals surface area (Å²) in [5.74, 6) is 0.230. The molecule has 0 bridgehead atoms. The van der Waals surface area contributed by atoms with Gasteiger partial charge in [0.1, 0.15) is 5.82 Å². The van der Waals surface area contributed by atoms with E-state index in [-0.39, 0.29) is 17.7 Å². The Balaban J connectivity index is 1.83. The summed E-state index contributed by atoms with van der Waals surface area (Å²) in [6.07, 6.45) is 17.7. The van der Waals surface area contributed by atoms with Crippen molar-refractivity contribution in [1.82, 2.24) is 0 Å². The molecule has 1 nitrogen and oxygen atoms in total. The minimum atomic E-state index is -0.244. The maximum absolute atomic E-state index is 13.1. The van der Waals surface area contributed by atoms with Crippen LogP contribution >= 0.6 is 0 Å². The van der Waals surface area contributed by atoms with E-state index in [1.165, 1.54) is 12.1 Å². The van der Waals surface area contributed by atoms with Crippen LogP contribution in [0.5, 0.6) is 0 Å². The molecule has 2 unspecified atom stereocenters. The first-order valence-corrected chi connectivity index (χ1v) is 9.02. The summed E-state index contributed by atoms with van der Waals surface area (Å²) < 4.78 is 13.1. The zero-order chi connectivity index (χ0) is 18.6. The van der Waals surface area contributed by atoms with Crippen LogP contribution in [-0.4, -0.2) is 6.29 Å². The van der Waals surface area contributed by atoms with Crippen LogP contribution in [0.2, 0.25) is 0 Å². The molecule has 0 saturated carbocycles. The van der Waals surface area contributed by atoms with Gasteiger partial charge in [0, 0.05) is 17.4 Å². The number of halogens is 1. The van der Waals surface area contributed by atoms with Crippen molar-refractivity contribution in [2.24, 2.45) is 11.8 Å². The van der Waals surface area contributed by atoms with Crippen molar-refractivity contribution in [3.63, 3.8) is 0 Å². The second kappa shape index (κ2) is 7.55. The van der Waals surface area contributed by atoms with Gasteiger partial charge in [0.2, 0.25) is 0 Å². The van der Waals surface area contributed by atoms with Crippen molar-refractivity contribution in [2.75, 3.05) is 0 Å².